The third kappa shape index (κ3) is 4.25. The van der Waals surface area contributed by atoms with Gasteiger partial charge in [-0.1, -0.05) is 6.08 Å². The van der Waals surface area contributed by atoms with Crippen molar-refractivity contribution in [3.63, 3.8) is 0 Å². The van der Waals surface area contributed by atoms with Crippen molar-refractivity contribution < 1.29 is 14.3 Å². The maximum atomic E-state index is 11.9. The number of carbonyl (C=O) groups excluding carboxylic acids is 2. The van der Waals surface area contributed by atoms with Crippen molar-refractivity contribution in [3.8, 4) is 0 Å². The number of hydrogen-bond donors (Lipinski definition) is 1. The van der Waals surface area contributed by atoms with Gasteiger partial charge in [0.05, 0.1) is 5.88 Å². The van der Waals surface area contributed by atoms with Crippen LogP contribution in [0.15, 0.2) is 12.7 Å². The average molecular weight is 272 g/mol. The zero-order chi connectivity index (χ0) is 13.8. The second kappa shape index (κ2) is 6.13. The Balaban J connectivity index is 2.61. The minimum absolute atomic E-state index is 0.161. The van der Waals surface area contributed by atoms with E-state index >= 15 is 0 Å². The maximum Gasteiger partial charge on any atom is 0.411 e. The highest BCUT2D eigenvalue weighted by molar-refractivity contribution is 7.99. The van der Waals surface area contributed by atoms with Crippen molar-refractivity contribution in [1.82, 2.24) is 10.2 Å². The molecule has 102 valence electrons. The molecule has 1 saturated heterocycles. The zero-order valence-electron chi connectivity index (χ0n) is 11.1. The molecule has 1 atom stereocenters. The van der Waals surface area contributed by atoms with Gasteiger partial charge in [0, 0.05) is 12.3 Å². The molecule has 1 rings (SSSR count). The highest BCUT2D eigenvalue weighted by Crippen LogP contribution is 2.23. The number of nitrogens with one attached hydrogen (secondary N) is 1. The summed E-state index contributed by atoms with van der Waals surface area (Å²) in [6.45, 7) is 9.36. The van der Waals surface area contributed by atoms with E-state index in [2.05, 4.69) is 11.9 Å². The first kappa shape index (κ1) is 14.9. The van der Waals surface area contributed by atoms with Crippen molar-refractivity contribution in [1.29, 1.82) is 0 Å². The first-order valence-corrected chi connectivity index (χ1v) is 6.96. The first-order valence-electron chi connectivity index (χ1n) is 5.81. The predicted octanol–water partition coefficient (Wildman–Crippen LogP) is 1.60. The number of hydrogen-bond acceptors (Lipinski definition) is 4. The summed E-state index contributed by atoms with van der Waals surface area (Å²) in [5, 5.41) is 2.70. The van der Waals surface area contributed by atoms with Crippen LogP contribution in [-0.4, -0.2) is 46.7 Å². The molecule has 5 nitrogen and oxygen atoms in total. The molecular weight excluding hydrogens is 252 g/mol. The van der Waals surface area contributed by atoms with Gasteiger partial charge in [0.25, 0.3) is 0 Å². The molecule has 1 N–H and O–H groups in total. The number of ether oxygens (including phenoxy) is 1. The van der Waals surface area contributed by atoms with Gasteiger partial charge in [-0.3, -0.25) is 9.69 Å². The van der Waals surface area contributed by atoms with Crippen molar-refractivity contribution in [3.05, 3.63) is 12.7 Å². The van der Waals surface area contributed by atoms with Crippen molar-refractivity contribution in [2.75, 3.05) is 18.2 Å². The van der Waals surface area contributed by atoms with Gasteiger partial charge in [-0.25, -0.2) is 4.79 Å². The van der Waals surface area contributed by atoms with Gasteiger partial charge in [0.1, 0.15) is 11.6 Å². The van der Waals surface area contributed by atoms with Gasteiger partial charge in [0.15, 0.2) is 0 Å². The van der Waals surface area contributed by atoms with E-state index in [1.165, 1.54) is 4.90 Å². The fourth-order valence-electron chi connectivity index (χ4n) is 1.45. The third-order valence-corrected chi connectivity index (χ3v) is 3.25. The van der Waals surface area contributed by atoms with Gasteiger partial charge < -0.3 is 10.1 Å². The highest BCUT2D eigenvalue weighted by Gasteiger charge is 2.36. The van der Waals surface area contributed by atoms with E-state index in [4.69, 9.17) is 4.74 Å². The fourth-order valence-corrected chi connectivity index (χ4v) is 2.59. The van der Waals surface area contributed by atoms with E-state index in [-0.39, 0.29) is 5.91 Å². The van der Waals surface area contributed by atoms with E-state index in [1.54, 1.807) is 38.6 Å². The Labute approximate surface area is 112 Å². The molecule has 1 aliphatic rings. The topological polar surface area (TPSA) is 58.6 Å². The van der Waals surface area contributed by atoms with Crippen LogP contribution in [0.3, 0.4) is 0 Å². The lowest BCUT2D eigenvalue weighted by Gasteiger charge is -2.27. The molecule has 0 aromatic carbocycles. The molecule has 1 fully saturated rings. The summed E-state index contributed by atoms with van der Waals surface area (Å²) < 4.78 is 5.28. The van der Waals surface area contributed by atoms with Crippen LogP contribution >= 0.6 is 11.8 Å². The number of thioether (sulfide) groups is 1. The highest BCUT2D eigenvalue weighted by atomic mass is 32.2. The zero-order valence-corrected chi connectivity index (χ0v) is 11.9. The smallest absolute Gasteiger partial charge is 0.411 e. The Kier molecular flexibility index (Phi) is 5.07. The average Bonchev–Trinajstić information content (AvgIpc) is 2.72. The van der Waals surface area contributed by atoms with E-state index in [1.807, 2.05) is 0 Å². The van der Waals surface area contributed by atoms with Crippen LogP contribution in [0, 0.1) is 0 Å². The largest absolute Gasteiger partial charge is 0.444 e. The van der Waals surface area contributed by atoms with Crippen LogP contribution in [0.1, 0.15) is 20.8 Å². The van der Waals surface area contributed by atoms with Gasteiger partial charge in [-0.05, 0) is 20.8 Å². The molecule has 18 heavy (non-hydrogen) atoms. The summed E-state index contributed by atoms with van der Waals surface area (Å²) >= 11 is 1.54. The molecule has 1 aliphatic heterocycles. The molecule has 0 aromatic rings. The minimum atomic E-state index is -0.549. The van der Waals surface area contributed by atoms with Crippen molar-refractivity contribution in [2.45, 2.75) is 32.4 Å². The molecule has 0 unspecified atom stereocenters. The summed E-state index contributed by atoms with van der Waals surface area (Å²) in [5.74, 6) is 0.925. The lowest BCUT2D eigenvalue weighted by atomic mass is 10.2. The predicted molar refractivity (Wildman–Crippen MR) is 72.4 cm³/mol. The number of amides is 2. The molecule has 0 spiro atoms. The Hall–Kier alpha value is -1.17. The molecule has 1 heterocycles. The van der Waals surface area contributed by atoms with Gasteiger partial charge in [-0.2, -0.15) is 0 Å². The van der Waals surface area contributed by atoms with E-state index in [0.717, 1.165) is 0 Å². The maximum absolute atomic E-state index is 11.9. The van der Waals surface area contributed by atoms with Crippen molar-refractivity contribution in [2.24, 2.45) is 0 Å². The van der Waals surface area contributed by atoms with Gasteiger partial charge in [-0.15, -0.1) is 18.3 Å². The number of carbonyl (C=O) groups is 2. The van der Waals surface area contributed by atoms with Crippen LogP contribution in [0.4, 0.5) is 4.79 Å². The number of nitrogens with zero attached hydrogens (tertiary/aromatic N) is 1. The third-order valence-electron chi connectivity index (χ3n) is 2.23. The SMILES string of the molecule is C=CCNC(=O)[C@@H]1CSCN1C(=O)OC(C)(C)C. The van der Waals surface area contributed by atoms with E-state index in [0.29, 0.717) is 18.2 Å². The minimum Gasteiger partial charge on any atom is -0.444 e. The van der Waals surface area contributed by atoms with Gasteiger partial charge >= 0.3 is 6.09 Å². The first-order chi connectivity index (χ1) is 8.35. The van der Waals surface area contributed by atoms with Crippen LogP contribution in [-0.2, 0) is 9.53 Å². The summed E-state index contributed by atoms with van der Waals surface area (Å²) in [4.78, 5) is 25.3. The molecule has 0 aliphatic carbocycles. The van der Waals surface area contributed by atoms with Crippen LogP contribution in [0.5, 0.6) is 0 Å². The molecule has 0 radical (unpaired) electrons. The lowest BCUT2D eigenvalue weighted by molar-refractivity contribution is -0.124. The van der Waals surface area contributed by atoms with Crippen LogP contribution in [0.25, 0.3) is 0 Å². The Morgan fingerprint density at radius 1 is 1.56 bits per heavy atom. The lowest BCUT2D eigenvalue weighted by Crippen LogP contribution is -2.48. The van der Waals surface area contributed by atoms with E-state index in [9.17, 15) is 9.59 Å². The Morgan fingerprint density at radius 2 is 2.22 bits per heavy atom. The van der Waals surface area contributed by atoms with Gasteiger partial charge in [0.2, 0.25) is 5.91 Å². The Morgan fingerprint density at radius 3 is 2.78 bits per heavy atom. The fraction of sp³-hybridized carbons (Fsp3) is 0.667. The molecule has 2 amide bonds. The van der Waals surface area contributed by atoms with Crippen LogP contribution in [0.2, 0.25) is 0 Å². The summed E-state index contributed by atoms with van der Waals surface area (Å²) in [5.41, 5.74) is -0.549. The molecule has 0 bridgehead atoms. The summed E-state index contributed by atoms with van der Waals surface area (Å²) in [7, 11) is 0. The normalized spacial score (nSPS) is 19.5. The Bertz CT molecular complexity index is 339. The van der Waals surface area contributed by atoms with E-state index < -0.39 is 17.7 Å². The summed E-state index contributed by atoms with van der Waals surface area (Å²) in [6, 6.07) is -0.454. The second-order valence-corrected chi connectivity index (χ2v) is 6.00. The number of rotatable bonds is 3. The monoisotopic (exact) mass is 272 g/mol. The van der Waals surface area contributed by atoms with Crippen molar-refractivity contribution >= 4 is 23.8 Å². The molecule has 6 heteroatoms. The molecular formula is C12H20N2O3S. The standard InChI is InChI=1S/C12H20N2O3S/c1-5-6-13-10(15)9-7-18-8-14(9)11(16)17-12(2,3)4/h5,9H,1,6-8H2,2-4H3,(H,13,15)/t9-/m0/s1. The second-order valence-electron chi connectivity index (χ2n) is 5.00. The van der Waals surface area contributed by atoms with Crippen LogP contribution < -0.4 is 5.32 Å². The summed E-state index contributed by atoms with van der Waals surface area (Å²) in [6.07, 6.45) is 1.17. The quantitative estimate of drug-likeness (QED) is 0.793. The molecule has 0 saturated carbocycles. The molecule has 0 aromatic heterocycles.